The summed E-state index contributed by atoms with van der Waals surface area (Å²) in [6.07, 6.45) is 4.95. The minimum Gasteiger partial charge on any atom is -0.505 e. The van der Waals surface area contributed by atoms with E-state index >= 15 is 0 Å². The molecule has 1 N–H and O–H groups in total. The van der Waals surface area contributed by atoms with Crippen molar-refractivity contribution in [3.63, 3.8) is 0 Å². The molecular formula is C13H12N2O3. The Morgan fingerprint density at radius 2 is 2.28 bits per heavy atom. The summed E-state index contributed by atoms with van der Waals surface area (Å²) in [6, 6.07) is 3.61. The first-order valence-corrected chi connectivity index (χ1v) is 5.33. The summed E-state index contributed by atoms with van der Waals surface area (Å²) in [5.74, 6) is -0.758. The first kappa shape index (κ1) is 12.0. The second-order valence-corrected chi connectivity index (χ2v) is 3.73. The van der Waals surface area contributed by atoms with Crippen molar-refractivity contribution in [2.45, 2.75) is 6.92 Å². The van der Waals surface area contributed by atoms with Gasteiger partial charge in [0.2, 0.25) is 0 Å². The first-order valence-electron chi connectivity index (χ1n) is 5.33. The normalized spacial score (nSPS) is 17.0. The molecule has 0 saturated carbocycles. The molecule has 0 aliphatic carbocycles. The standard InChI is InChI=1S/C13H12N2O3/c1-8-11(13(17)18-2)12(16)10(15-8)6-9-4-3-5-14-7-9/h3-7,16H,1-2H3/b10-6-. The summed E-state index contributed by atoms with van der Waals surface area (Å²) >= 11 is 0. The van der Waals surface area contributed by atoms with Crippen LogP contribution < -0.4 is 0 Å². The van der Waals surface area contributed by atoms with Crippen molar-refractivity contribution in [3.8, 4) is 0 Å². The summed E-state index contributed by atoms with van der Waals surface area (Å²) in [4.78, 5) is 19.6. The van der Waals surface area contributed by atoms with Crippen LogP contribution >= 0.6 is 0 Å². The molecule has 92 valence electrons. The van der Waals surface area contributed by atoms with Gasteiger partial charge in [-0.2, -0.15) is 0 Å². The van der Waals surface area contributed by atoms with Crippen LogP contribution in [0.3, 0.4) is 0 Å². The number of aliphatic hydroxyl groups is 1. The Kier molecular flexibility index (Phi) is 3.23. The average Bonchev–Trinajstić information content (AvgIpc) is 2.65. The number of aliphatic imine (C=N–C) groups is 1. The topological polar surface area (TPSA) is 71.8 Å². The molecule has 0 aromatic carbocycles. The number of hydrogen-bond donors (Lipinski definition) is 1. The molecule has 0 atom stereocenters. The lowest BCUT2D eigenvalue weighted by Crippen LogP contribution is -2.11. The van der Waals surface area contributed by atoms with Crippen LogP contribution in [-0.4, -0.2) is 28.9 Å². The molecule has 2 rings (SSSR count). The van der Waals surface area contributed by atoms with E-state index in [2.05, 4.69) is 14.7 Å². The van der Waals surface area contributed by atoms with E-state index in [1.165, 1.54) is 7.11 Å². The molecule has 0 amide bonds. The maximum atomic E-state index is 11.5. The highest BCUT2D eigenvalue weighted by Crippen LogP contribution is 2.25. The average molecular weight is 244 g/mol. The van der Waals surface area contributed by atoms with Gasteiger partial charge in [0.1, 0.15) is 11.3 Å². The molecule has 0 saturated heterocycles. The van der Waals surface area contributed by atoms with Gasteiger partial charge in [0.25, 0.3) is 0 Å². The maximum absolute atomic E-state index is 11.5. The van der Waals surface area contributed by atoms with E-state index in [1.807, 2.05) is 6.07 Å². The molecule has 1 aromatic rings. The summed E-state index contributed by atoms with van der Waals surface area (Å²) in [7, 11) is 1.26. The van der Waals surface area contributed by atoms with Crippen LogP contribution in [0.15, 0.2) is 46.5 Å². The van der Waals surface area contributed by atoms with Gasteiger partial charge in [-0.15, -0.1) is 0 Å². The molecule has 0 unspecified atom stereocenters. The van der Waals surface area contributed by atoms with Crippen LogP contribution in [0.2, 0.25) is 0 Å². The zero-order valence-corrected chi connectivity index (χ0v) is 10.0. The van der Waals surface area contributed by atoms with Gasteiger partial charge in [0, 0.05) is 12.4 Å². The molecule has 18 heavy (non-hydrogen) atoms. The first-order chi connectivity index (χ1) is 8.63. The van der Waals surface area contributed by atoms with E-state index in [-0.39, 0.29) is 11.3 Å². The van der Waals surface area contributed by atoms with Crippen LogP contribution in [0.5, 0.6) is 0 Å². The van der Waals surface area contributed by atoms with Gasteiger partial charge < -0.3 is 9.84 Å². The molecule has 1 aliphatic rings. The second-order valence-electron chi connectivity index (χ2n) is 3.73. The fourth-order valence-electron chi connectivity index (χ4n) is 1.66. The third-order valence-corrected chi connectivity index (χ3v) is 2.51. The highest BCUT2D eigenvalue weighted by molar-refractivity contribution is 6.21. The Morgan fingerprint density at radius 1 is 1.50 bits per heavy atom. The predicted octanol–water partition coefficient (Wildman–Crippen LogP) is 1.88. The van der Waals surface area contributed by atoms with Crippen LogP contribution in [0.1, 0.15) is 12.5 Å². The predicted molar refractivity (Wildman–Crippen MR) is 67.0 cm³/mol. The summed E-state index contributed by atoms with van der Waals surface area (Å²) in [5, 5.41) is 9.96. The molecule has 5 nitrogen and oxygen atoms in total. The van der Waals surface area contributed by atoms with Crippen molar-refractivity contribution in [1.29, 1.82) is 0 Å². The van der Waals surface area contributed by atoms with E-state index in [1.54, 1.807) is 31.5 Å². The number of carbonyl (C=O) groups is 1. The molecule has 0 radical (unpaired) electrons. The van der Waals surface area contributed by atoms with Gasteiger partial charge in [-0.1, -0.05) is 6.07 Å². The van der Waals surface area contributed by atoms with Gasteiger partial charge in [-0.05, 0) is 24.6 Å². The monoisotopic (exact) mass is 244 g/mol. The lowest BCUT2D eigenvalue weighted by Gasteiger charge is -2.00. The Morgan fingerprint density at radius 3 is 2.89 bits per heavy atom. The number of methoxy groups -OCH3 is 1. The molecule has 0 fully saturated rings. The van der Waals surface area contributed by atoms with Gasteiger partial charge in [-0.3, -0.25) is 4.98 Å². The molecule has 2 heterocycles. The van der Waals surface area contributed by atoms with Crippen LogP contribution in [0.25, 0.3) is 6.08 Å². The SMILES string of the molecule is COC(=O)C1=C(O)/C(=C/c2cccnc2)N=C1C. The van der Waals surface area contributed by atoms with Crippen LogP contribution in [-0.2, 0) is 9.53 Å². The third-order valence-electron chi connectivity index (χ3n) is 2.51. The van der Waals surface area contributed by atoms with E-state index in [0.29, 0.717) is 11.4 Å². The maximum Gasteiger partial charge on any atom is 0.343 e. The van der Waals surface area contributed by atoms with E-state index in [9.17, 15) is 9.90 Å². The lowest BCUT2D eigenvalue weighted by molar-refractivity contribution is -0.135. The molecule has 1 aliphatic heterocycles. The summed E-state index contributed by atoms with van der Waals surface area (Å²) in [5.41, 5.74) is 1.67. The molecule has 5 heteroatoms. The number of rotatable bonds is 2. The van der Waals surface area contributed by atoms with E-state index in [0.717, 1.165) is 5.56 Å². The highest BCUT2D eigenvalue weighted by Gasteiger charge is 2.27. The number of nitrogens with zero attached hydrogens (tertiary/aromatic N) is 2. The number of carbonyl (C=O) groups excluding carboxylic acids is 1. The zero-order valence-electron chi connectivity index (χ0n) is 10.0. The lowest BCUT2D eigenvalue weighted by atomic mass is 10.1. The minimum atomic E-state index is -0.594. The number of aliphatic hydroxyl groups excluding tert-OH is 1. The van der Waals surface area contributed by atoms with Gasteiger partial charge in [-0.25, -0.2) is 9.79 Å². The largest absolute Gasteiger partial charge is 0.505 e. The van der Waals surface area contributed by atoms with Crippen molar-refractivity contribution < 1.29 is 14.6 Å². The van der Waals surface area contributed by atoms with Crippen molar-refractivity contribution in [2.75, 3.05) is 7.11 Å². The smallest absolute Gasteiger partial charge is 0.343 e. The number of pyridine rings is 1. The van der Waals surface area contributed by atoms with Crippen LogP contribution in [0.4, 0.5) is 0 Å². The van der Waals surface area contributed by atoms with Crippen molar-refractivity contribution in [3.05, 3.63) is 47.1 Å². The summed E-state index contributed by atoms with van der Waals surface area (Å²) in [6.45, 7) is 1.65. The fourth-order valence-corrected chi connectivity index (χ4v) is 1.66. The number of ether oxygens (including phenoxy) is 1. The van der Waals surface area contributed by atoms with E-state index < -0.39 is 5.97 Å². The molecular weight excluding hydrogens is 232 g/mol. The number of hydrogen-bond acceptors (Lipinski definition) is 5. The van der Waals surface area contributed by atoms with Gasteiger partial charge >= 0.3 is 5.97 Å². The number of aromatic nitrogens is 1. The van der Waals surface area contributed by atoms with Crippen molar-refractivity contribution in [2.24, 2.45) is 4.99 Å². The quantitative estimate of drug-likeness (QED) is 0.806. The molecule has 1 aromatic heterocycles. The Bertz CT molecular complexity index is 571. The Balaban J connectivity index is 2.42. The van der Waals surface area contributed by atoms with E-state index in [4.69, 9.17) is 0 Å². The Hall–Kier alpha value is -2.43. The summed E-state index contributed by atoms with van der Waals surface area (Å²) < 4.78 is 4.60. The van der Waals surface area contributed by atoms with Crippen molar-refractivity contribution >= 4 is 17.8 Å². The Labute approximate surface area is 104 Å². The third kappa shape index (κ3) is 2.15. The zero-order chi connectivity index (χ0) is 13.1. The molecule has 0 spiro atoms. The highest BCUT2D eigenvalue weighted by atomic mass is 16.5. The van der Waals surface area contributed by atoms with Gasteiger partial charge in [0.05, 0.1) is 12.8 Å². The van der Waals surface area contributed by atoms with Crippen molar-refractivity contribution in [1.82, 2.24) is 4.98 Å². The second kappa shape index (κ2) is 4.83. The van der Waals surface area contributed by atoms with Gasteiger partial charge in [0.15, 0.2) is 5.76 Å². The minimum absolute atomic E-state index is 0.104. The molecule has 0 bridgehead atoms. The van der Waals surface area contributed by atoms with Crippen LogP contribution in [0, 0.1) is 0 Å². The number of esters is 1. The fraction of sp³-hybridized carbons (Fsp3) is 0.154.